The molecule has 0 radical (unpaired) electrons. The number of halogens is 1. The number of hydrogen-bond donors (Lipinski definition) is 1. The minimum absolute atomic E-state index is 0.532. The Balaban J connectivity index is 2.62. The van der Waals surface area contributed by atoms with Gasteiger partial charge in [0.1, 0.15) is 0 Å². The van der Waals surface area contributed by atoms with Crippen LogP contribution in [0.5, 0.6) is 0 Å². The minimum atomic E-state index is 0.532. The quantitative estimate of drug-likeness (QED) is 0.797. The van der Waals surface area contributed by atoms with Crippen LogP contribution in [-0.2, 0) is 19.5 Å². The number of nitrogens with one attached hydrogen (secondary N) is 1. The standard InChI is InChI=1S/C14H27ClN4/c1-6-12-14(15)13(19(7-2)17-12)10-18(5)9-8-16-11(3)4/h11,16H,6-10H2,1-5H3. The lowest BCUT2D eigenvalue weighted by atomic mass is 10.3. The average molecular weight is 287 g/mol. The van der Waals surface area contributed by atoms with Gasteiger partial charge in [0.15, 0.2) is 0 Å². The molecule has 0 unspecified atom stereocenters. The maximum absolute atomic E-state index is 6.41. The van der Waals surface area contributed by atoms with Crippen LogP contribution in [0, 0.1) is 0 Å². The third-order valence-electron chi connectivity index (χ3n) is 3.16. The third-order valence-corrected chi connectivity index (χ3v) is 3.60. The summed E-state index contributed by atoms with van der Waals surface area (Å²) in [4.78, 5) is 2.28. The van der Waals surface area contributed by atoms with Gasteiger partial charge in [0.25, 0.3) is 0 Å². The van der Waals surface area contributed by atoms with Gasteiger partial charge in [-0.2, -0.15) is 5.10 Å². The summed E-state index contributed by atoms with van der Waals surface area (Å²) in [7, 11) is 2.12. The summed E-state index contributed by atoms with van der Waals surface area (Å²) >= 11 is 6.41. The highest BCUT2D eigenvalue weighted by atomic mass is 35.5. The molecule has 0 aliphatic carbocycles. The zero-order valence-electron chi connectivity index (χ0n) is 12.8. The Labute approximate surface area is 122 Å². The Morgan fingerprint density at radius 2 is 2.05 bits per heavy atom. The van der Waals surface area contributed by atoms with E-state index in [0.717, 1.165) is 49.0 Å². The van der Waals surface area contributed by atoms with E-state index in [9.17, 15) is 0 Å². The fourth-order valence-electron chi connectivity index (χ4n) is 2.05. The van der Waals surface area contributed by atoms with Crippen LogP contribution < -0.4 is 5.32 Å². The molecule has 0 fully saturated rings. The van der Waals surface area contributed by atoms with E-state index in [0.29, 0.717) is 6.04 Å². The van der Waals surface area contributed by atoms with Gasteiger partial charge in [0.05, 0.1) is 16.4 Å². The van der Waals surface area contributed by atoms with Gasteiger partial charge < -0.3 is 5.32 Å². The number of nitrogens with zero attached hydrogens (tertiary/aromatic N) is 3. The summed E-state index contributed by atoms with van der Waals surface area (Å²) in [6.07, 6.45) is 0.886. The van der Waals surface area contributed by atoms with Gasteiger partial charge in [-0.25, -0.2) is 0 Å². The predicted octanol–water partition coefficient (Wildman–Crippen LogP) is 2.55. The van der Waals surface area contributed by atoms with Crippen LogP contribution in [0.15, 0.2) is 0 Å². The summed E-state index contributed by atoms with van der Waals surface area (Å²) < 4.78 is 2.02. The first kappa shape index (κ1) is 16.5. The van der Waals surface area contributed by atoms with E-state index in [4.69, 9.17) is 11.6 Å². The van der Waals surface area contributed by atoms with Crippen molar-refractivity contribution in [1.29, 1.82) is 0 Å². The number of aromatic nitrogens is 2. The SMILES string of the molecule is CCc1nn(CC)c(CN(C)CCNC(C)C)c1Cl. The molecule has 5 heteroatoms. The summed E-state index contributed by atoms with van der Waals surface area (Å²) in [5, 5.41) is 8.82. The molecular weight excluding hydrogens is 260 g/mol. The van der Waals surface area contributed by atoms with E-state index in [1.54, 1.807) is 0 Å². The van der Waals surface area contributed by atoms with E-state index < -0.39 is 0 Å². The van der Waals surface area contributed by atoms with Crippen LogP contribution in [0.4, 0.5) is 0 Å². The van der Waals surface area contributed by atoms with Crippen molar-refractivity contribution in [3.63, 3.8) is 0 Å². The van der Waals surface area contributed by atoms with Crippen molar-refractivity contribution in [3.05, 3.63) is 16.4 Å². The molecule has 0 aromatic carbocycles. The number of aryl methyl sites for hydroxylation is 2. The predicted molar refractivity (Wildman–Crippen MR) is 81.8 cm³/mol. The van der Waals surface area contributed by atoms with Crippen LogP contribution in [0.3, 0.4) is 0 Å². The molecule has 0 atom stereocenters. The smallest absolute Gasteiger partial charge is 0.0863 e. The van der Waals surface area contributed by atoms with Crippen molar-refractivity contribution in [2.45, 2.75) is 53.2 Å². The molecule has 0 aliphatic rings. The average Bonchev–Trinajstić information content (AvgIpc) is 2.66. The third kappa shape index (κ3) is 4.79. The van der Waals surface area contributed by atoms with Gasteiger partial charge in [-0.05, 0) is 20.4 Å². The van der Waals surface area contributed by atoms with Crippen molar-refractivity contribution < 1.29 is 0 Å². The topological polar surface area (TPSA) is 33.1 Å². The fraction of sp³-hybridized carbons (Fsp3) is 0.786. The first-order valence-electron chi connectivity index (χ1n) is 7.15. The van der Waals surface area contributed by atoms with Gasteiger partial charge in [-0.1, -0.05) is 32.4 Å². The molecule has 1 N–H and O–H groups in total. The maximum atomic E-state index is 6.41. The first-order valence-corrected chi connectivity index (χ1v) is 7.53. The highest BCUT2D eigenvalue weighted by molar-refractivity contribution is 6.31. The van der Waals surface area contributed by atoms with Gasteiger partial charge in [0, 0.05) is 32.2 Å². The molecule has 19 heavy (non-hydrogen) atoms. The van der Waals surface area contributed by atoms with Crippen molar-refractivity contribution in [3.8, 4) is 0 Å². The normalized spacial score (nSPS) is 11.8. The zero-order valence-corrected chi connectivity index (χ0v) is 13.6. The van der Waals surface area contributed by atoms with Gasteiger partial charge in [0.2, 0.25) is 0 Å². The van der Waals surface area contributed by atoms with E-state index >= 15 is 0 Å². The molecule has 0 saturated carbocycles. The van der Waals surface area contributed by atoms with Crippen LogP contribution in [0.1, 0.15) is 39.1 Å². The molecule has 1 aromatic heterocycles. The van der Waals surface area contributed by atoms with E-state index in [2.05, 4.69) is 50.1 Å². The Hall–Kier alpha value is -0.580. The van der Waals surface area contributed by atoms with E-state index in [1.165, 1.54) is 0 Å². The monoisotopic (exact) mass is 286 g/mol. The molecular formula is C14H27ClN4. The molecule has 1 aromatic rings. The maximum Gasteiger partial charge on any atom is 0.0863 e. The summed E-state index contributed by atoms with van der Waals surface area (Å²) in [6, 6.07) is 0.532. The van der Waals surface area contributed by atoms with E-state index in [-0.39, 0.29) is 0 Å². The molecule has 0 aliphatic heterocycles. The molecule has 0 bridgehead atoms. The van der Waals surface area contributed by atoms with Crippen LogP contribution in [-0.4, -0.2) is 40.9 Å². The molecule has 0 spiro atoms. The molecule has 1 heterocycles. The molecule has 0 amide bonds. The van der Waals surface area contributed by atoms with Crippen molar-refractivity contribution in [1.82, 2.24) is 20.0 Å². The van der Waals surface area contributed by atoms with Crippen LogP contribution in [0.25, 0.3) is 0 Å². The van der Waals surface area contributed by atoms with Crippen molar-refractivity contribution in [2.75, 3.05) is 20.1 Å². The lowest BCUT2D eigenvalue weighted by Gasteiger charge is -2.18. The lowest BCUT2D eigenvalue weighted by molar-refractivity contribution is 0.309. The second-order valence-corrected chi connectivity index (χ2v) is 5.60. The molecule has 4 nitrogen and oxygen atoms in total. The minimum Gasteiger partial charge on any atom is -0.313 e. The Kier molecular flexibility index (Phi) is 6.83. The molecule has 110 valence electrons. The second kappa shape index (κ2) is 7.88. The highest BCUT2D eigenvalue weighted by Gasteiger charge is 2.15. The van der Waals surface area contributed by atoms with Gasteiger partial charge in [-0.3, -0.25) is 9.58 Å². The van der Waals surface area contributed by atoms with Crippen LogP contribution >= 0.6 is 11.6 Å². The zero-order chi connectivity index (χ0) is 14.4. The summed E-state index contributed by atoms with van der Waals surface area (Å²) in [5.41, 5.74) is 2.14. The van der Waals surface area contributed by atoms with E-state index in [1.807, 2.05) is 4.68 Å². The summed E-state index contributed by atoms with van der Waals surface area (Å²) in [6.45, 7) is 12.2. The summed E-state index contributed by atoms with van der Waals surface area (Å²) in [5.74, 6) is 0. The Morgan fingerprint density at radius 3 is 2.58 bits per heavy atom. The fourth-order valence-corrected chi connectivity index (χ4v) is 2.38. The van der Waals surface area contributed by atoms with Crippen LogP contribution in [0.2, 0.25) is 5.02 Å². The Morgan fingerprint density at radius 1 is 1.37 bits per heavy atom. The molecule has 1 rings (SSSR count). The number of likely N-dealkylation sites (N-methyl/N-ethyl adjacent to an activating group) is 1. The number of hydrogen-bond acceptors (Lipinski definition) is 3. The van der Waals surface area contributed by atoms with Gasteiger partial charge >= 0.3 is 0 Å². The lowest BCUT2D eigenvalue weighted by Crippen LogP contribution is -2.33. The second-order valence-electron chi connectivity index (χ2n) is 5.22. The Bertz CT molecular complexity index is 387. The van der Waals surface area contributed by atoms with Crippen molar-refractivity contribution >= 4 is 11.6 Å². The number of rotatable bonds is 8. The first-order chi connectivity index (χ1) is 8.99. The van der Waals surface area contributed by atoms with Gasteiger partial charge in [-0.15, -0.1) is 0 Å². The van der Waals surface area contributed by atoms with Crippen molar-refractivity contribution in [2.24, 2.45) is 0 Å². The highest BCUT2D eigenvalue weighted by Crippen LogP contribution is 2.22. The largest absolute Gasteiger partial charge is 0.313 e. The molecule has 0 saturated heterocycles.